The second kappa shape index (κ2) is 12.2. The van der Waals surface area contributed by atoms with Crippen LogP contribution in [-0.2, 0) is 24.4 Å². The number of aryl methyl sites for hydroxylation is 3. The Kier molecular flexibility index (Phi) is 9.70. The Hall–Kier alpha value is -4.12. The van der Waals surface area contributed by atoms with Crippen molar-refractivity contribution in [3.63, 3.8) is 0 Å². The van der Waals surface area contributed by atoms with Crippen LogP contribution in [0, 0.1) is 26.2 Å². The number of nitrogens with one attached hydrogen (secondary N) is 4. The maximum atomic E-state index is 13.1. The Labute approximate surface area is 220 Å². The Morgan fingerprint density at radius 2 is 1.74 bits per heavy atom. The Bertz CT molecular complexity index is 1420. The summed E-state index contributed by atoms with van der Waals surface area (Å²) >= 11 is 0. The molecule has 6 N–H and O–H groups in total. The van der Waals surface area contributed by atoms with Gasteiger partial charge in [-0.15, -0.1) is 4.73 Å². The van der Waals surface area contributed by atoms with Crippen molar-refractivity contribution < 1.29 is 40.9 Å². The van der Waals surface area contributed by atoms with Crippen molar-refractivity contribution in [1.82, 2.24) is 15.5 Å². The predicted octanol–water partition coefficient (Wildman–Crippen LogP) is 0.726. The molecular weight excluding hydrogens is 549 g/mol. The van der Waals surface area contributed by atoms with E-state index in [1.165, 1.54) is 20.8 Å². The van der Waals surface area contributed by atoms with Gasteiger partial charge in [-0.05, 0) is 51.0 Å². The van der Waals surface area contributed by atoms with E-state index >= 15 is 0 Å². The van der Waals surface area contributed by atoms with Gasteiger partial charge in [-0.2, -0.15) is 13.2 Å². The Morgan fingerprint density at radius 1 is 1.15 bits per heavy atom. The van der Waals surface area contributed by atoms with Crippen molar-refractivity contribution in [3.8, 4) is 0 Å². The SMILES string of the molecule is Cc1cc(C)c(S(=O)(=O)Nc2ccc(C(C)C(=O)NCCONC(=N)N)n(OC(=O)C(F)(F)F)c2=O)c(C)c1. The molecule has 0 saturated carbocycles. The number of guanidine groups is 1. The average Bonchev–Trinajstić information content (AvgIpc) is 2.79. The molecule has 0 spiro atoms. The molecule has 1 atom stereocenters. The molecule has 13 nitrogen and oxygen atoms in total. The van der Waals surface area contributed by atoms with E-state index in [4.69, 9.17) is 16.0 Å². The number of benzene rings is 1. The molecule has 0 saturated heterocycles. The topological polar surface area (TPSA) is 195 Å². The van der Waals surface area contributed by atoms with Crippen LogP contribution in [0.2, 0.25) is 0 Å². The molecule has 1 heterocycles. The first-order valence-electron chi connectivity index (χ1n) is 11.1. The number of sulfonamides is 1. The highest BCUT2D eigenvalue weighted by atomic mass is 32.2. The average molecular weight is 577 g/mol. The van der Waals surface area contributed by atoms with E-state index in [0.717, 1.165) is 17.7 Å². The third-order valence-electron chi connectivity index (χ3n) is 5.12. The minimum atomic E-state index is -5.51. The lowest BCUT2D eigenvalue weighted by Crippen LogP contribution is -2.42. The number of nitrogens with zero attached hydrogens (tertiary/aromatic N) is 1. The molecule has 0 aliphatic heterocycles. The second-order valence-corrected chi connectivity index (χ2v) is 9.98. The summed E-state index contributed by atoms with van der Waals surface area (Å²) in [5, 5.41) is 9.32. The van der Waals surface area contributed by atoms with Crippen molar-refractivity contribution in [1.29, 1.82) is 5.41 Å². The molecule has 2 rings (SSSR count). The molecule has 0 bridgehead atoms. The van der Waals surface area contributed by atoms with Crippen LogP contribution < -0.4 is 31.6 Å². The lowest BCUT2D eigenvalue weighted by Gasteiger charge is -2.19. The van der Waals surface area contributed by atoms with E-state index < -0.39 is 56.9 Å². The van der Waals surface area contributed by atoms with E-state index in [2.05, 4.69) is 10.2 Å². The zero-order chi connectivity index (χ0) is 29.7. The second-order valence-electron chi connectivity index (χ2n) is 8.36. The van der Waals surface area contributed by atoms with Crippen molar-refractivity contribution in [2.75, 3.05) is 17.9 Å². The number of carbonyl (C=O) groups is 2. The number of carbonyl (C=O) groups excluding carboxylic acids is 2. The summed E-state index contributed by atoms with van der Waals surface area (Å²) in [7, 11) is -4.41. The van der Waals surface area contributed by atoms with E-state index in [0.29, 0.717) is 11.1 Å². The number of nitrogens with two attached hydrogens (primary N) is 1. The van der Waals surface area contributed by atoms with Gasteiger partial charge in [0.1, 0.15) is 5.69 Å². The maximum Gasteiger partial charge on any atom is 0.493 e. The van der Waals surface area contributed by atoms with Gasteiger partial charge in [-0.25, -0.2) is 18.7 Å². The van der Waals surface area contributed by atoms with E-state index in [9.17, 15) is 36.0 Å². The van der Waals surface area contributed by atoms with Gasteiger partial charge in [0.05, 0.1) is 23.1 Å². The van der Waals surface area contributed by atoms with Gasteiger partial charge in [0.2, 0.25) is 11.9 Å². The summed E-state index contributed by atoms with van der Waals surface area (Å²) in [6, 6.07) is 5.09. The third kappa shape index (κ3) is 7.93. The Balaban J connectivity index is 2.46. The summed E-state index contributed by atoms with van der Waals surface area (Å²) in [6.07, 6.45) is -5.51. The minimum Gasteiger partial charge on any atom is -0.368 e. The number of hydroxylamine groups is 1. The van der Waals surface area contributed by atoms with Crippen molar-refractivity contribution >= 4 is 33.5 Å². The van der Waals surface area contributed by atoms with E-state index in [1.54, 1.807) is 19.1 Å². The summed E-state index contributed by atoms with van der Waals surface area (Å²) in [6.45, 7) is 5.73. The largest absolute Gasteiger partial charge is 0.493 e. The number of alkyl halides is 3. The van der Waals surface area contributed by atoms with Crippen molar-refractivity contribution in [3.05, 3.63) is 57.0 Å². The van der Waals surface area contributed by atoms with Gasteiger partial charge in [0, 0.05) is 6.54 Å². The molecular formula is C22H27F3N6O7S. The molecule has 17 heteroatoms. The fourth-order valence-electron chi connectivity index (χ4n) is 3.59. The van der Waals surface area contributed by atoms with Crippen LogP contribution in [0.25, 0.3) is 0 Å². The summed E-state index contributed by atoms with van der Waals surface area (Å²) < 4.78 is 67.0. The van der Waals surface area contributed by atoms with Gasteiger partial charge in [0.15, 0.2) is 0 Å². The van der Waals surface area contributed by atoms with Gasteiger partial charge in [0.25, 0.3) is 10.0 Å². The highest BCUT2D eigenvalue weighted by Crippen LogP contribution is 2.24. The molecule has 39 heavy (non-hydrogen) atoms. The number of halogens is 3. The van der Waals surface area contributed by atoms with Gasteiger partial charge >= 0.3 is 17.7 Å². The zero-order valence-corrected chi connectivity index (χ0v) is 22.0. The van der Waals surface area contributed by atoms with Crippen LogP contribution in [-0.4, -0.2) is 50.3 Å². The summed E-state index contributed by atoms with van der Waals surface area (Å²) in [5.41, 5.74) is 5.86. The first-order valence-corrected chi connectivity index (χ1v) is 12.6. The van der Waals surface area contributed by atoms with Crippen LogP contribution in [0.5, 0.6) is 0 Å². The lowest BCUT2D eigenvalue weighted by molar-refractivity contribution is -0.200. The number of hydrogen-bond acceptors (Lipinski definition) is 8. The van der Waals surface area contributed by atoms with Crippen LogP contribution in [0.4, 0.5) is 18.9 Å². The number of hydrogen-bond donors (Lipinski definition) is 5. The highest BCUT2D eigenvalue weighted by molar-refractivity contribution is 7.92. The molecule has 0 fully saturated rings. The normalized spacial score (nSPS) is 12.4. The maximum absolute atomic E-state index is 13.1. The quantitative estimate of drug-likeness (QED) is 0.117. The molecule has 214 valence electrons. The molecule has 0 radical (unpaired) electrons. The summed E-state index contributed by atoms with van der Waals surface area (Å²) in [5.74, 6) is -5.43. The van der Waals surface area contributed by atoms with Crippen LogP contribution >= 0.6 is 0 Å². The van der Waals surface area contributed by atoms with Crippen molar-refractivity contribution in [2.45, 2.75) is 44.7 Å². The lowest BCUT2D eigenvalue weighted by atomic mass is 10.1. The summed E-state index contributed by atoms with van der Waals surface area (Å²) in [4.78, 5) is 46.1. The smallest absolute Gasteiger partial charge is 0.368 e. The van der Waals surface area contributed by atoms with Crippen LogP contribution in [0.3, 0.4) is 0 Å². The molecule has 1 amide bonds. The standard InChI is InChI=1S/C22H27F3N6O7S/c1-11-9-12(2)17(13(3)10-11)39(35,36)30-15-5-6-16(31(19(15)33)38-20(34)22(23,24)25)14(4)18(32)28-7-8-37-29-21(26)27/h5-6,9-10,14,30H,7-8H2,1-4H3,(H,28,32)(H4,26,27,29). The van der Waals surface area contributed by atoms with Gasteiger partial charge < -0.3 is 15.9 Å². The highest BCUT2D eigenvalue weighted by Gasteiger charge is 2.43. The molecule has 0 aliphatic carbocycles. The van der Waals surface area contributed by atoms with Gasteiger partial charge in [-0.3, -0.25) is 24.6 Å². The third-order valence-corrected chi connectivity index (χ3v) is 6.79. The number of anilines is 1. The number of rotatable bonds is 10. The van der Waals surface area contributed by atoms with E-state index in [1.807, 2.05) is 10.2 Å². The van der Waals surface area contributed by atoms with Crippen molar-refractivity contribution in [2.24, 2.45) is 5.73 Å². The molecule has 2 aromatic rings. The Morgan fingerprint density at radius 3 is 2.28 bits per heavy atom. The fraction of sp³-hybridized carbons (Fsp3) is 0.364. The monoisotopic (exact) mass is 576 g/mol. The number of aromatic nitrogens is 1. The minimum absolute atomic E-state index is 0.0828. The number of pyridine rings is 1. The predicted molar refractivity (Wildman–Crippen MR) is 132 cm³/mol. The zero-order valence-electron chi connectivity index (χ0n) is 21.2. The molecule has 1 unspecified atom stereocenters. The van der Waals surface area contributed by atoms with Crippen LogP contribution in [0.1, 0.15) is 35.2 Å². The molecule has 1 aromatic carbocycles. The fourth-order valence-corrected chi connectivity index (χ4v) is 5.10. The molecule has 1 aromatic heterocycles. The van der Waals surface area contributed by atoms with Crippen LogP contribution in [0.15, 0.2) is 34.0 Å². The van der Waals surface area contributed by atoms with Gasteiger partial charge in [-0.1, -0.05) is 17.7 Å². The molecule has 0 aliphatic rings. The first kappa shape index (κ1) is 31.1. The number of amides is 1. The first-order chi connectivity index (χ1) is 18.0. The van der Waals surface area contributed by atoms with E-state index in [-0.39, 0.29) is 22.8 Å².